The maximum atomic E-state index is 10.3. The first kappa shape index (κ1) is 25.6. The van der Waals surface area contributed by atoms with Crippen molar-refractivity contribution in [1.82, 2.24) is 10.6 Å². The fraction of sp³-hybridized carbons (Fsp3) is 1.00. The van der Waals surface area contributed by atoms with Gasteiger partial charge in [0.1, 0.15) is 9.84 Å². The van der Waals surface area contributed by atoms with Crippen LogP contribution in [-0.4, -0.2) is 67.5 Å². The number of sulfone groups is 1. The van der Waals surface area contributed by atoms with Crippen molar-refractivity contribution in [2.45, 2.75) is 33.1 Å². The number of hydrogen-bond acceptors (Lipinski definition) is 7. The first-order valence-corrected chi connectivity index (χ1v) is 12.9. The predicted octanol–water partition coefficient (Wildman–Crippen LogP) is 0.762. The normalized spacial score (nSPS) is 23.2. The molecule has 3 aliphatic rings. The summed E-state index contributed by atoms with van der Waals surface area (Å²) >= 11 is 1.63. The van der Waals surface area contributed by atoms with Gasteiger partial charge in [0.15, 0.2) is 0 Å². The predicted molar refractivity (Wildman–Crippen MR) is 105 cm³/mol. The van der Waals surface area contributed by atoms with E-state index in [0.29, 0.717) is 17.4 Å². The van der Waals surface area contributed by atoms with Crippen LogP contribution in [0.3, 0.4) is 0 Å². The average Bonchev–Trinajstić information content (AvgIpc) is 3.25. The highest BCUT2D eigenvalue weighted by molar-refractivity contribution is 7.98. The van der Waals surface area contributed by atoms with Gasteiger partial charge in [-0.05, 0) is 38.6 Å². The lowest BCUT2D eigenvalue weighted by molar-refractivity contribution is 0.580. The molecule has 0 spiro atoms. The Balaban J connectivity index is 0. The summed E-state index contributed by atoms with van der Waals surface area (Å²) in [6, 6.07) is 0. The molecule has 3 heterocycles. The van der Waals surface area contributed by atoms with Crippen molar-refractivity contribution in [2.75, 3.05) is 54.9 Å². The standard InChI is InChI=1S/C4H9N.C3H7NOS.C3H6O2S.C2H7NS.C2H6/c1-2-4-5-3-1;5-6-2-1-4-3-6;4-6(5)2-1-3-6;1-4-2-3;1-2/h5H,1-4H2;4H,1-3H2;1-3H2;2-3H2,1H3;1-2H3. The van der Waals surface area contributed by atoms with E-state index in [2.05, 4.69) is 10.6 Å². The minimum Gasteiger partial charge on any atom is -0.322 e. The molecular weight excluding hydrogens is 354 g/mol. The lowest BCUT2D eigenvalue weighted by atomic mass is 10.4. The molecule has 0 aromatic rings. The highest BCUT2D eigenvalue weighted by atomic mass is 32.2. The third kappa shape index (κ3) is 20.3. The van der Waals surface area contributed by atoms with Crippen molar-refractivity contribution in [3.05, 3.63) is 0 Å². The molecule has 0 radical (unpaired) electrons. The summed E-state index contributed by atoms with van der Waals surface area (Å²) in [5.41, 5.74) is 4.99. The molecule has 142 valence electrons. The molecule has 9 heteroatoms. The number of rotatable bonds is 1. The molecule has 1 atom stereocenters. The van der Waals surface area contributed by atoms with E-state index in [1.165, 1.54) is 25.9 Å². The van der Waals surface area contributed by atoms with Crippen LogP contribution in [0.4, 0.5) is 0 Å². The first-order valence-electron chi connectivity index (χ1n) is 8.17. The number of nitrogens with two attached hydrogens (primary N) is 1. The Morgan fingerprint density at radius 1 is 1.04 bits per heavy atom. The van der Waals surface area contributed by atoms with Gasteiger partial charge in [-0.3, -0.25) is 4.21 Å². The summed E-state index contributed by atoms with van der Waals surface area (Å²) < 4.78 is 30.5. The molecule has 1 unspecified atom stereocenters. The molecule has 3 fully saturated rings. The van der Waals surface area contributed by atoms with Gasteiger partial charge in [-0.25, -0.2) is 8.42 Å². The van der Waals surface area contributed by atoms with Crippen LogP contribution in [0.15, 0.2) is 0 Å². The van der Waals surface area contributed by atoms with Crippen LogP contribution in [0.25, 0.3) is 0 Å². The van der Waals surface area contributed by atoms with Crippen LogP contribution in [0.5, 0.6) is 0 Å². The minimum absolute atomic E-state index is 0.424. The van der Waals surface area contributed by atoms with E-state index in [4.69, 9.17) is 5.73 Å². The summed E-state index contributed by atoms with van der Waals surface area (Å²) in [5.74, 6) is 3.14. The van der Waals surface area contributed by atoms with Gasteiger partial charge < -0.3 is 16.4 Å². The van der Waals surface area contributed by atoms with Gasteiger partial charge in [0.25, 0.3) is 0 Å². The molecule has 0 aromatic heterocycles. The van der Waals surface area contributed by atoms with Crippen LogP contribution >= 0.6 is 11.8 Å². The summed E-state index contributed by atoms with van der Waals surface area (Å²) in [7, 11) is -3.02. The monoisotopic (exact) mass is 389 g/mol. The largest absolute Gasteiger partial charge is 0.322 e. The second-order valence-corrected chi connectivity index (χ2v) is 9.50. The zero-order chi connectivity index (χ0) is 18.0. The van der Waals surface area contributed by atoms with E-state index in [9.17, 15) is 12.6 Å². The molecule has 0 saturated carbocycles. The highest BCUT2D eigenvalue weighted by Crippen LogP contribution is 2.06. The van der Waals surface area contributed by atoms with Crippen molar-refractivity contribution in [1.29, 1.82) is 0 Å². The van der Waals surface area contributed by atoms with Gasteiger partial charge in [-0.2, -0.15) is 11.8 Å². The molecule has 0 amide bonds. The van der Waals surface area contributed by atoms with Crippen molar-refractivity contribution in [2.24, 2.45) is 5.73 Å². The molecule has 6 nitrogen and oxygen atoms in total. The summed E-state index contributed by atoms with van der Waals surface area (Å²) in [5, 5.41) is 6.19. The lowest BCUT2D eigenvalue weighted by Gasteiger charge is -2.09. The van der Waals surface area contributed by atoms with E-state index in [-0.39, 0.29) is 0 Å². The topological polar surface area (TPSA) is 101 Å². The maximum Gasteiger partial charge on any atom is 0.150 e. The van der Waals surface area contributed by atoms with E-state index in [1.807, 2.05) is 20.1 Å². The third-order valence-corrected chi connectivity index (χ3v) is 6.14. The van der Waals surface area contributed by atoms with Gasteiger partial charge in [0, 0.05) is 29.0 Å². The fourth-order valence-corrected chi connectivity index (χ4v) is 3.10. The molecule has 23 heavy (non-hydrogen) atoms. The Bertz CT molecular complexity index is 334. The SMILES string of the molecule is C1CCNC1.CC.CSCN.O=S1(=O)CCC1.O=S1CCNC1. The van der Waals surface area contributed by atoms with Crippen molar-refractivity contribution < 1.29 is 12.6 Å². The van der Waals surface area contributed by atoms with E-state index in [0.717, 1.165) is 24.6 Å². The van der Waals surface area contributed by atoms with Gasteiger partial charge in [-0.15, -0.1) is 0 Å². The van der Waals surface area contributed by atoms with E-state index >= 15 is 0 Å². The van der Waals surface area contributed by atoms with Crippen LogP contribution in [0.2, 0.25) is 0 Å². The van der Waals surface area contributed by atoms with Gasteiger partial charge >= 0.3 is 0 Å². The average molecular weight is 390 g/mol. The third-order valence-electron chi connectivity index (χ3n) is 2.80. The quantitative estimate of drug-likeness (QED) is 0.569. The van der Waals surface area contributed by atoms with Crippen LogP contribution in [0, 0.1) is 0 Å². The zero-order valence-corrected chi connectivity index (χ0v) is 17.3. The number of nitrogens with one attached hydrogen (secondary N) is 2. The number of hydrogen-bond donors (Lipinski definition) is 3. The Hall–Kier alpha value is 0.330. The second-order valence-electron chi connectivity index (χ2n) is 4.71. The zero-order valence-electron chi connectivity index (χ0n) is 14.8. The van der Waals surface area contributed by atoms with Crippen molar-refractivity contribution in [3.63, 3.8) is 0 Å². The molecule has 3 aliphatic heterocycles. The Kier molecular flexibility index (Phi) is 20.8. The molecule has 0 aromatic carbocycles. The van der Waals surface area contributed by atoms with Gasteiger partial charge in [-0.1, -0.05) is 13.8 Å². The lowest BCUT2D eigenvalue weighted by Crippen LogP contribution is -2.23. The Labute approximate surface area is 149 Å². The van der Waals surface area contributed by atoms with Crippen LogP contribution in [0.1, 0.15) is 33.1 Å². The van der Waals surface area contributed by atoms with Crippen LogP contribution < -0.4 is 16.4 Å². The van der Waals surface area contributed by atoms with Gasteiger partial charge in [0.05, 0.1) is 17.4 Å². The van der Waals surface area contributed by atoms with Crippen molar-refractivity contribution >= 4 is 32.4 Å². The number of thioether (sulfide) groups is 1. The fourth-order valence-electron chi connectivity index (χ4n) is 1.45. The van der Waals surface area contributed by atoms with E-state index < -0.39 is 20.6 Å². The van der Waals surface area contributed by atoms with E-state index in [1.54, 1.807) is 11.8 Å². The Morgan fingerprint density at radius 2 is 1.52 bits per heavy atom. The first-order chi connectivity index (χ1) is 11.0. The summed E-state index contributed by atoms with van der Waals surface area (Å²) in [6.07, 6.45) is 5.63. The summed E-state index contributed by atoms with van der Waals surface area (Å²) in [4.78, 5) is 0. The molecule has 3 saturated heterocycles. The molecule has 3 rings (SSSR count). The minimum atomic E-state index is -2.48. The molecule has 0 aliphatic carbocycles. The van der Waals surface area contributed by atoms with Crippen molar-refractivity contribution in [3.8, 4) is 0 Å². The maximum absolute atomic E-state index is 10.3. The molecule has 0 bridgehead atoms. The smallest absolute Gasteiger partial charge is 0.150 e. The Morgan fingerprint density at radius 3 is 1.61 bits per heavy atom. The van der Waals surface area contributed by atoms with Gasteiger partial charge in [0.2, 0.25) is 0 Å². The highest BCUT2D eigenvalue weighted by Gasteiger charge is 2.19. The van der Waals surface area contributed by atoms with Crippen LogP contribution in [-0.2, 0) is 20.6 Å². The molecular formula is C14H35N3O3S3. The molecule has 4 N–H and O–H groups in total. The summed E-state index contributed by atoms with van der Waals surface area (Å²) in [6.45, 7) is 7.44. The second kappa shape index (κ2) is 18.7.